The topological polar surface area (TPSA) is 100 Å². The molecule has 0 bridgehead atoms. The predicted molar refractivity (Wildman–Crippen MR) is 124 cm³/mol. The summed E-state index contributed by atoms with van der Waals surface area (Å²) in [5.41, 5.74) is 1.11. The molecule has 1 fully saturated rings. The van der Waals surface area contributed by atoms with E-state index < -0.39 is 15.5 Å². The maximum absolute atomic E-state index is 13.2. The summed E-state index contributed by atoms with van der Waals surface area (Å²) in [6.45, 7) is -0.0501. The van der Waals surface area contributed by atoms with Gasteiger partial charge < -0.3 is 19.5 Å². The lowest BCUT2D eigenvalue weighted by atomic mass is 9.76. The number of methoxy groups -OCH3 is 3. The van der Waals surface area contributed by atoms with Crippen LogP contribution in [-0.2, 0) is 31.9 Å². The van der Waals surface area contributed by atoms with Crippen molar-refractivity contribution in [3.63, 3.8) is 0 Å². The van der Waals surface area contributed by atoms with Crippen molar-refractivity contribution in [2.75, 3.05) is 34.2 Å². The van der Waals surface area contributed by atoms with Crippen molar-refractivity contribution in [3.8, 4) is 17.2 Å². The van der Waals surface area contributed by atoms with Gasteiger partial charge in [-0.05, 0) is 37.3 Å². The summed E-state index contributed by atoms with van der Waals surface area (Å²) in [4.78, 5) is 13.2. The summed E-state index contributed by atoms with van der Waals surface area (Å²) in [5, 5.41) is 3.11. The van der Waals surface area contributed by atoms with Crippen LogP contribution in [0, 0.1) is 5.41 Å². The highest BCUT2D eigenvalue weighted by Gasteiger charge is 2.46. The molecule has 180 valence electrons. The minimum atomic E-state index is -3.59. The Balaban J connectivity index is 1.85. The van der Waals surface area contributed by atoms with Crippen LogP contribution >= 0.6 is 0 Å². The third-order valence-electron chi connectivity index (χ3n) is 5.97. The summed E-state index contributed by atoms with van der Waals surface area (Å²) in [6, 6.07) is 13.3. The van der Waals surface area contributed by atoms with Crippen molar-refractivity contribution in [1.29, 1.82) is 0 Å². The van der Waals surface area contributed by atoms with E-state index >= 15 is 0 Å². The fourth-order valence-corrected chi connectivity index (χ4v) is 4.88. The average Bonchev–Trinajstić information content (AvgIpc) is 3.07. The van der Waals surface area contributed by atoms with Gasteiger partial charge in [0.15, 0.2) is 11.5 Å². The monoisotopic (exact) mass is 477 g/mol. The highest BCUT2D eigenvalue weighted by molar-refractivity contribution is 7.85. The van der Waals surface area contributed by atoms with E-state index in [4.69, 9.17) is 18.4 Å². The average molecular weight is 478 g/mol. The smallest absolute Gasteiger partial charge is 0.264 e. The molecule has 2 unspecified atom stereocenters. The van der Waals surface area contributed by atoms with Crippen LogP contribution in [0.25, 0.3) is 0 Å². The molecule has 1 N–H and O–H groups in total. The normalized spacial score (nSPS) is 20.4. The van der Waals surface area contributed by atoms with E-state index in [0.29, 0.717) is 42.9 Å². The van der Waals surface area contributed by atoms with Crippen LogP contribution in [0.2, 0.25) is 0 Å². The van der Waals surface area contributed by atoms with Crippen molar-refractivity contribution in [3.05, 3.63) is 53.6 Å². The molecule has 2 aromatic carbocycles. The lowest BCUT2D eigenvalue weighted by Gasteiger charge is -2.26. The quantitative estimate of drug-likeness (QED) is 0.497. The van der Waals surface area contributed by atoms with Gasteiger partial charge in [0.25, 0.3) is 10.1 Å². The number of carbonyl (C=O) groups is 1. The fraction of sp³-hybridized carbons (Fsp3) is 0.458. The number of nitrogens with one attached hydrogen (secondary N) is 1. The number of amides is 1. The van der Waals surface area contributed by atoms with E-state index in [2.05, 4.69) is 5.32 Å². The third-order valence-corrected chi connectivity index (χ3v) is 6.56. The number of ether oxygens (including phenoxy) is 3. The molecule has 0 saturated carbocycles. The second-order valence-corrected chi connectivity index (χ2v) is 9.93. The van der Waals surface area contributed by atoms with Crippen LogP contribution in [0.15, 0.2) is 42.5 Å². The lowest BCUT2D eigenvalue weighted by Crippen LogP contribution is -2.35. The molecule has 33 heavy (non-hydrogen) atoms. The Morgan fingerprint density at radius 3 is 2.30 bits per heavy atom. The van der Waals surface area contributed by atoms with Gasteiger partial charge in [-0.2, -0.15) is 8.42 Å². The molecule has 1 aliphatic heterocycles. The second-order valence-electron chi connectivity index (χ2n) is 8.29. The summed E-state index contributed by atoms with van der Waals surface area (Å²) in [7, 11) is 1.08. The molecule has 8 nitrogen and oxygen atoms in total. The van der Waals surface area contributed by atoms with Gasteiger partial charge in [0.05, 0.1) is 39.6 Å². The zero-order chi connectivity index (χ0) is 24.1. The Hall–Kier alpha value is -2.78. The zero-order valence-electron chi connectivity index (χ0n) is 19.4. The predicted octanol–water partition coefficient (Wildman–Crippen LogP) is 2.74. The molecule has 2 aromatic rings. The van der Waals surface area contributed by atoms with Crippen LogP contribution in [0.3, 0.4) is 0 Å². The molecule has 0 aromatic heterocycles. The van der Waals surface area contributed by atoms with Gasteiger partial charge >= 0.3 is 0 Å². The minimum Gasteiger partial charge on any atom is -0.493 e. The molecule has 1 aliphatic rings. The molecule has 1 amide bonds. The third kappa shape index (κ3) is 5.97. The van der Waals surface area contributed by atoms with E-state index in [1.165, 1.54) is 0 Å². The number of hydrogen-bond donors (Lipinski definition) is 1. The second kappa shape index (κ2) is 10.4. The van der Waals surface area contributed by atoms with Gasteiger partial charge in [-0.3, -0.25) is 8.98 Å². The van der Waals surface area contributed by atoms with Crippen molar-refractivity contribution < 1.29 is 31.6 Å². The molecule has 9 heteroatoms. The largest absolute Gasteiger partial charge is 0.493 e. The first-order valence-corrected chi connectivity index (χ1v) is 12.5. The van der Waals surface area contributed by atoms with Gasteiger partial charge in [-0.1, -0.05) is 36.4 Å². The Morgan fingerprint density at radius 2 is 1.70 bits per heavy atom. The van der Waals surface area contributed by atoms with Crippen LogP contribution in [0.1, 0.15) is 24.0 Å². The van der Waals surface area contributed by atoms with Crippen LogP contribution in [-0.4, -0.2) is 54.6 Å². The SMILES string of the molecule is COc1ccc(CC2CC(CCOS(C)(=O)=O)(Cc3ccccc3)C(=O)N2)c(OC)c1OC. The Morgan fingerprint density at radius 1 is 1.00 bits per heavy atom. The number of hydrogen-bond acceptors (Lipinski definition) is 7. The molecule has 1 saturated heterocycles. The van der Waals surface area contributed by atoms with Crippen LogP contribution < -0.4 is 19.5 Å². The Labute approximate surface area is 195 Å². The van der Waals surface area contributed by atoms with Crippen molar-refractivity contribution in [1.82, 2.24) is 5.32 Å². The van der Waals surface area contributed by atoms with Crippen LogP contribution in [0.4, 0.5) is 0 Å². The molecular formula is C24H31NO7S. The first kappa shape index (κ1) is 24.9. The number of benzene rings is 2. The van der Waals surface area contributed by atoms with E-state index in [1.807, 2.05) is 42.5 Å². The molecule has 3 rings (SSSR count). The Bertz CT molecular complexity index is 1070. The van der Waals surface area contributed by atoms with Crippen molar-refractivity contribution in [2.45, 2.75) is 31.7 Å². The van der Waals surface area contributed by atoms with E-state index in [9.17, 15) is 13.2 Å². The number of rotatable bonds is 11. The molecular weight excluding hydrogens is 446 g/mol. The van der Waals surface area contributed by atoms with Crippen molar-refractivity contribution in [2.24, 2.45) is 5.41 Å². The maximum Gasteiger partial charge on any atom is 0.264 e. The van der Waals surface area contributed by atoms with Gasteiger partial charge in [-0.15, -0.1) is 0 Å². The molecule has 2 atom stereocenters. The molecule has 0 spiro atoms. The maximum atomic E-state index is 13.2. The van der Waals surface area contributed by atoms with Crippen LogP contribution in [0.5, 0.6) is 17.2 Å². The molecule has 0 radical (unpaired) electrons. The first-order valence-electron chi connectivity index (χ1n) is 10.7. The summed E-state index contributed by atoms with van der Waals surface area (Å²) < 4.78 is 44.4. The fourth-order valence-electron chi connectivity index (χ4n) is 4.50. The molecule has 1 heterocycles. The highest BCUT2D eigenvalue weighted by Crippen LogP contribution is 2.43. The minimum absolute atomic E-state index is 0.0501. The first-order chi connectivity index (χ1) is 15.7. The zero-order valence-corrected chi connectivity index (χ0v) is 20.2. The van der Waals surface area contributed by atoms with E-state index in [1.54, 1.807) is 21.3 Å². The lowest BCUT2D eigenvalue weighted by molar-refractivity contribution is -0.128. The number of carbonyl (C=O) groups excluding carboxylic acids is 1. The standard InChI is InChI=1S/C24H31NO7S/c1-29-20-11-10-18(21(30-2)22(20)31-3)14-19-16-24(23(26)25-19,12-13-32-33(4,27)28)15-17-8-6-5-7-9-17/h5-11,19H,12-16H2,1-4H3,(H,25,26). The van der Waals surface area contributed by atoms with Crippen molar-refractivity contribution >= 4 is 16.0 Å². The van der Waals surface area contributed by atoms with E-state index in [0.717, 1.165) is 17.4 Å². The summed E-state index contributed by atoms with van der Waals surface area (Å²) >= 11 is 0. The molecule has 0 aliphatic carbocycles. The highest BCUT2D eigenvalue weighted by atomic mass is 32.2. The van der Waals surface area contributed by atoms with Gasteiger partial charge in [0.2, 0.25) is 11.7 Å². The van der Waals surface area contributed by atoms with E-state index in [-0.39, 0.29) is 18.6 Å². The van der Waals surface area contributed by atoms with Gasteiger partial charge in [-0.25, -0.2) is 0 Å². The summed E-state index contributed by atoms with van der Waals surface area (Å²) in [6.07, 6.45) is 2.86. The summed E-state index contributed by atoms with van der Waals surface area (Å²) in [5.74, 6) is 1.52. The Kier molecular flexibility index (Phi) is 7.86. The van der Waals surface area contributed by atoms with Gasteiger partial charge in [0, 0.05) is 11.6 Å². The van der Waals surface area contributed by atoms with Gasteiger partial charge in [0.1, 0.15) is 0 Å².